The normalized spacial score (nSPS) is 11.7. The number of methoxy groups -OCH3 is 1. The lowest BCUT2D eigenvalue weighted by atomic mass is 10.1. The lowest BCUT2D eigenvalue weighted by Gasteiger charge is -2.08. The molecule has 0 aliphatic rings. The van der Waals surface area contributed by atoms with E-state index in [9.17, 15) is 8.42 Å². The Morgan fingerprint density at radius 1 is 1.05 bits per heavy atom. The van der Waals surface area contributed by atoms with Crippen molar-refractivity contribution in [1.29, 1.82) is 0 Å². The van der Waals surface area contributed by atoms with E-state index < -0.39 is 10.0 Å². The Labute approximate surface area is 131 Å². The van der Waals surface area contributed by atoms with Gasteiger partial charge in [0.15, 0.2) is 0 Å². The number of rotatable bonds is 7. The highest BCUT2D eigenvalue weighted by Gasteiger charge is 2.06. The van der Waals surface area contributed by atoms with E-state index in [1.54, 1.807) is 13.2 Å². The molecule has 1 N–H and O–H groups in total. The van der Waals surface area contributed by atoms with Gasteiger partial charge in [-0.05, 0) is 29.7 Å². The molecule has 0 bridgehead atoms. The van der Waals surface area contributed by atoms with Crippen LogP contribution in [-0.2, 0) is 16.4 Å². The van der Waals surface area contributed by atoms with Gasteiger partial charge in [0.1, 0.15) is 5.75 Å². The minimum absolute atomic E-state index is 0.321. The molecular weight excluding hydrogens is 298 g/mol. The average Bonchev–Trinajstić information content (AvgIpc) is 2.54. The Morgan fingerprint density at radius 3 is 2.45 bits per heavy atom. The summed E-state index contributed by atoms with van der Waals surface area (Å²) in [5.74, 6) is 0.765. The molecule has 2 aromatic carbocycles. The summed E-state index contributed by atoms with van der Waals surface area (Å²) < 4.78 is 31.6. The zero-order valence-corrected chi connectivity index (χ0v) is 13.2. The summed E-state index contributed by atoms with van der Waals surface area (Å²) in [6.07, 6.45) is 2.15. The number of ether oxygens (including phenoxy) is 1. The van der Waals surface area contributed by atoms with E-state index in [-0.39, 0.29) is 0 Å². The molecule has 22 heavy (non-hydrogen) atoms. The Bertz CT molecular complexity index is 725. The van der Waals surface area contributed by atoms with Crippen LogP contribution in [0.4, 0.5) is 0 Å². The summed E-state index contributed by atoms with van der Waals surface area (Å²) in [4.78, 5) is 0. The fourth-order valence-electron chi connectivity index (χ4n) is 2.02. The van der Waals surface area contributed by atoms with Crippen LogP contribution in [0.2, 0.25) is 0 Å². The van der Waals surface area contributed by atoms with Crippen LogP contribution in [0.5, 0.6) is 5.75 Å². The van der Waals surface area contributed by atoms with Crippen LogP contribution < -0.4 is 9.46 Å². The van der Waals surface area contributed by atoms with Gasteiger partial charge in [-0.2, -0.15) is 0 Å². The predicted octanol–water partition coefficient (Wildman–Crippen LogP) is 2.83. The molecule has 0 fully saturated rings. The second-order valence-electron chi connectivity index (χ2n) is 4.71. The van der Waals surface area contributed by atoms with E-state index in [0.717, 1.165) is 16.9 Å². The quantitative estimate of drug-likeness (QED) is 0.854. The fraction of sp³-hybridized carbons (Fsp3) is 0.176. The van der Waals surface area contributed by atoms with Gasteiger partial charge in [-0.15, -0.1) is 0 Å². The molecule has 0 aliphatic heterocycles. The molecule has 0 aliphatic carbocycles. The maximum atomic E-state index is 11.9. The maximum Gasteiger partial charge on any atom is 0.233 e. The van der Waals surface area contributed by atoms with Crippen molar-refractivity contribution >= 4 is 16.1 Å². The molecule has 0 saturated carbocycles. The van der Waals surface area contributed by atoms with Crippen LogP contribution in [0.25, 0.3) is 6.08 Å². The van der Waals surface area contributed by atoms with Crippen molar-refractivity contribution in [2.24, 2.45) is 0 Å². The first-order valence-corrected chi connectivity index (χ1v) is 8.50. The van der Waals surface area contributed by atoms with Gasteiger partial charge >= 0.3 is 0 Å². The zero-order valence-electron chi connectivity index (χ0n) is 12.4. The predicted molar refractivity (Wildman–Crippen MR) is 89.1 cm³/mol. The van der Waals surface area contributed by atoms with Crippen LogP contribution in [0.3, 0.4) is 0 Å². The van der Waals surface area contributed by atoms with Crippen molar-refractivity contribution in [3.05, 3.63) is 71.1 Å². The van der Waals surface area contributed by atoms with E-state index in [1.807, 2.05) is 54.6 Å². The van der Waals surface area contributed by atoms with Crippen molar-refractivity contribution < 1.29 is 13.2 Å². The molecule has 0 saturated heterocycles. The Morgan fingerprint density at radius 2 is 1.73 bits per heavy atom. The van der Waals surface area contributed by atoms with Crippen molar-refractivity contribution in [2.45, 2.75) is 6.42 Å². The SMILES string of the molecule is COc1ccccc1CCNS(=O)(=O)/C=C/c1ccccc1. The minimum atomic E-state index is -3.44. The Hall–Kier alpha value is -2.11. The molecule has 2 rings (SSSR count). The second-order valence-corrected chi connectivity index (χ2v) is 6.37. The van der Waals surface area contributed by atoms with Crippen molar-refractivity contribution in [3.63, 3.8) is 0 Å². The molecule has 5 heteroatoms. The monoisotopic (exact) mass is 317 g/mol. The fourth-order valence-corrected chi connectivity index (χ4v) is 2.84. The number of sulfonamides is 1. The zero-order chi connectivity index (χ0) is 15.8. The van der Waals surface area contributed by atoms with Crippen LogP contribution in [0.1, 0.15) is 11.1 Å². The number of nitrogens with one attached hydrogen (secondary N) is 1. The highest BCUT2D eigenvalue weighted by Crippen LogP contribution is 2.17. The number of hydrogen-bond donors (Lipinski definition) is 1. The summed E-state index contributed by atoms with van der Waals surface area (Å²) in [5, 5.41) is 1.19. The third-order valence-electron chi connectivity index (χ3n) is 3.13. The van der Waals surface area contributed by atoms with Gasteiger partial charge in [0, 0.05) is 12.0 Å². The largest absolute Gasteiger partial charge is 0.496 e. The topological polar surface area (TPSA) is 55.4 Å². The highest BCUT2D eigenvalue weighted by atomic mass is 32.2. The minimum Gasteiger partial charge on any atom is -0.496 e. The van der Waals surface area contributed by atoms with E-state index >= 15 is 0 Å². The first-order valence-electron chi connectivity index (χ1n) is 6.95. The summed E-state index contributed by atoms with van der Waals surface area (Å²) in [5.41, 5.74) is 1.82. The van der Waals surface area contributed by atoms with Crippen LogP contribution in [0.15, 0.2) is 60.0 Å². The lowest BCUT2D eigenvalue weighted by molar-refractivity contribution is 0.409. The first-order chi connectivity index (χ1) is 10.6. The number of hydrogen-bond acceptors (Lipinski definition) is 3. The molecule has 4 nitrogen and oxygen atoms in total. The molecule has 0 spiro atoms. The molecule has 0 amide bonds. The molecule has 0 unspecified atom stereocenters. The van der Waals surface area contributed by atoms with Gasteiger partial charge in [0.05, 0.1) is 7.11 Å². The van der Waals surface area contributed by atoms with Crippen LogP contribution in [-0.4, -0.2) is 22.1 Å². The van der Waals surface area contributed by atoms with Gasteiger partial charge in [0.25, 0.3) is 0 Å². The Kier molecular flexibility index (Phi) is 5.75. The number of para-hydroxylation sites is 1. The Balaban J connectivity index is 1.91. The standard InChI is InChI=1S/C17H19NO3S/c1-21-17-10-6-5-9-16(17)11-13-18-22(19,20)14-12-15-7-3-2-4-8-15/h2-10,12,14,18H,11,13H2,1H3/b14-12+. The first kappa shape index (κ1) is 16.3. The second kappa shape index (κ2) is 7.77. The van der Waals surface area contributed by atoms with E-state index in [0.29, 0.717) is 13.0 Å². The van der Waals surface area contributed by atoms with Gasteiger partial charge in [-0.25, -0.2) is 13.1 Å². The van der Waals surface area contributed by atoms with Crippen molar-refractivity contribution in [1.82, 2.24) is 4.72 Å². The molecule has 0 atom stereocenters. The summed E-state index contributed by atoms with van der Waals surface area (Å²) >= 11 is 0. The summed E-state index contributed by atoms with van der Waals surface area (Å²) in [6.45, 7) is 0.321. The van der Waals surface area contributed by atoms with Gasteiger partial charge in [-0.1, -0.05) is 48.5 Å². The molecule has 2 aromatic rings. The molecule has 116 valence electrons. The number of benzene rings is 2. The lowest BCUT2D eigenvalue weighted by Crippen LogP contribution is -2.23. The summed E-state index contributed by atoms with van der Waals surface area (Å²) in [7, 11) is -1.84. The van der Waals surface area contributed by atoms with Gasteiger partial charge < -0.3 is 4.74 Å². The van der Waals surface area contributed by atoms with Crippen LogP contribution in [0, 0.1) is 0 Å². The average molecular weight is 317 g/mol. The van der Waals surface area contributed by atoms with E-state index in [4.69, 9.17) is 4.74 Å². The molecule has 0 radical (unpaired) electrons. The van der Waals surface area contributed by atoms with Gasteiger partial charge in [-0.3, -0.25) is 0 Å². The summed E-state index contributed by atoms with van der Waals surface area (Å²) in [6, 6.07) is 16.9. The smallest absolute Gasteiger partial charge is 0.233 e. The van der Waals surface area contributed by atoms with E-state index in [2.05, 4.69) is 4.72 Å². The van der Waals surface area contributed by atoms with Gasteiger partial charge in [0.2, 0.25) is 10.0 Å². The third kappa shape index (κ3) is 5.02. The molecular formula is C17H19NO3S. The maximum absolute atomic E-state index is 11.9. The molecule has 0 heterocycles. The van der Waals surface area contributed by atoms with Crippen molar-refractivity contribution in [2.75, 3.05) is 13.7 Å². The van der Waals surface area contributed by atoms with Crippen LogP contribution >= 0.6 is 0 Å². The third-order valence-corrected chi connectivity index (χ3v) is 4.23. The van der Waals surface area contributed by atoms with E-state index in [1.165, 1.54) is 5.41 Å². The van der Waals surface area contributed by atoms with Crippen molar-refractivity contribution in [3.8, 4) is 5.75 Å². The molecule has 0 aromatic heterocycles. The highest BCUT2D eigenvalue weighted by molar-refractivity contribution is 7.92.